The maximum Gasteiger partial charge on any atom is 0.273 e. The lowest BCUT2D eigenvalue weighted by molar-refractivity contribution is 0.0845. The summed E-state index contributed by atoms with van der Waals surface area (Å²) in [4.78, 5) is 29.9. The van der Waals surface area contributed by atoms with Crippen molar-refractivity contribution in [3.05, 3.63) is 47.0 Å². The Hall–Kier alpha value is -2.83. The number of carbonyl (C=O) groups is 2. The van der Waals surface area contributed by atoms with Gasteiger partial charge in [-0.15, -0.1) is 0 Å². The monoisotopic (exact) mass is 302 g/mol. The molecule has 2 N–H and O–H groups in total. The zero-order chi connectivity index (χ0) is 16.3. The number of rotatable bonds is 3. The molecular weight excluding hydrogens is 284 g/mol. The molecule has 0 aliphatic rings. The minimum Gasteiger partial charge on any atom is -0.466 e. The lowest BCUT2D eigenvalue weighted by Crippen LogP contribution is -2.41. The molecule has 2 heterocycles. The van der Waals surface area contributed by atoms with Crippen LogP contribution in [0.2, 0.25) is 0 Å². The van der Waals surface area contributed by atoms with Gasteiger partial charge in [0.05, 0.1) is 11.1 Å². The predicted octanol–water partition coefficient (Wildman–Crippen LogP) is 1.43. The maximum absolute atomic E-state index is 11.9. The van der Waals surface area contributed by atoms with Gasteiger partial charge in [-0.25, -0.2) is 4.98 Å². The lowest BCUT2D eigenvalue weighted by atomic mass is 10.2. The van der Waals surface area contributed by atoms with Gasteiger partial charge in [-0.1, -0.05) is 0 Å². The first kappa shape index (κ1) is 15.6. The first-order valence-electron chi connectivity index (χ1n) is 6.69. The van der Waals surface area contributed by atoms with E-state index in [0.29, 0.717) is 22.6 Å². The highest BCUT2D eigenvalue weighted by atomic mass is 16.3. The molecule has 2 rings (SSSR count). The summed E-state index contributed by atoms with van der Waals surface area (Å²) in [6.07, 6.45) is 1.45. The minimum absolute atomic E-state index is 0.353. The molecule has 0 radical (unpaired) electrons. The van der Waals surface area contributed by atoms with E-state index in [1.54, 1.807) is 32.0 Å². The largest absolute Gasteiger partial charge is 0.466 e. The first-order chi connectivity index (χ1) is 10.4. The molecule has 7 heteroatoms. The zero-order valence-corrected chi connectivity index (χ0v) is 12.9. The van der Waals surface area contributed by atoms with Crippen LogP contribution >= 0.6 is 0 Å². The summed E-state index contributed by atoms with van der Waals surface area (Å²) in [5.74, 6) is 1.01. The molecular formula is C15H18N4O3. The maximum atomic E-state index is 11.9. The average molecular weight is 302 g/mol. The summed E-state index contributed by atoms with van der Waals surface area (Å²) in [5.41, 5.74) is 5.44. The smallest absolute Gasteiger partial charge is 0.273 e. The van der Waals surface area contributed by atoms with Crippen LogP contribution in [0.1, 0.15) is 32.2 Å². The molecule has 0 unspecified atom stereocenters. The third kappa shape index (κ3) is 3.43. The van der Waals surface area contributed by atoms with Gasteiger partial charge in [-0.3, -0.25) is 20.4 Å². The molecule has 116 valence electrons. The van der Waals surface area contributed by atoms with Gasteiger partial charge < -0.3 is 9.32 Å². The van der Waals surface area contributed by atoms with Crippen LogP contribution in [-0.4, -0.2) is 30.9 Å². The van der Waals surface area contributed by atoms with Crippen LogP contribution in [0.4, 0.5) is 5.82 Å². The van der Waals surface area contributed by atoms with Gasteiger partial charge in [-0.05, 0) is 32.0 Å². The number of aromatic nitrogens is 1. The summed E-state index contributed by atoms with van der Waals surface area (Å²) in [5, 5.41) is 0. The Balaban J connectivity index is 1.97. The van der Waals surface area contributed by atoms with Crippen molar-refractivity contribution >= 4 is 17.6 Å². The molecule has 2 aromatic rings. The highest BCUT2D eigenvalue weighted by Crippen LogP contribution is 2.13. The number of anilines is 1. The van der Waals surface area contributed by atoms with Crippen molar-refractivity contribution in [2.24, 2.45) is 0 Å². The zero-order valence-electron chi connectivity index (χ0n) is 12.9. The van der Waals surface area contributed by atoms with Crippen molar-refractivity contribution < 1.29 is 14.0 Å². The molecule has 2 amide bonds. The summed E-state index contributed by atoms with van der Waals surface area (Å²) in [6, 6.07) is 4.97. The SMILES string of the molecule is Cc1cc(C(=O)NNC(=O)c2ccc(N(C)C)nc2)c(C)o1. The highest BCUT2D eigenvalue weighted by Gasteiger charge is 2.14. The fraction of sp³-hybridized carbons (Fsp3) is 0.267. The van der Waals surface area contributed by atoms with Crippen LogP contribution in [0.5, 0.6) is 0 Å². The number of hydrazine groups is 1. The van der Waals surface area contributed by atoms with Crippen molar-refractivity contribution in [3.8, 4) is 0 Å². The number of aryl methyl sites for hydroxylation is 2. The molecule has 0 atom stereocenters. The van der Waals surface area contributed by atoms with Gasteiger partial charge in [0.1, 0.15) is 17.3 Å². The average Bonchev–Trinajstić information content (AvgIpc) is 2.83. The van der Waals surface area contributed by atoms with E-state index >= 15 is 0 Å². The van der Waals surface area contributed by atoms with Crippen LogP contribution in [0, 0.1) is 13.8 Å². The van der Waals surface area contributed by atoms with E-state index in [-0.39, 0.29) is 0 Å². The van der Waals surface area contributed by atoms with Crippen molar-refractivity contribution in [2.45, 2.75) is 13.8 Å². The minimum atomic E-state index is -0.441. The van der Waals surface area contributed by atoms with Crippen LogP contribution in [-0.2, 0) is 0 Å². The lowest BCUT2D eigenvalue weighted by Gasteiger charge is -2.11. The molecule has 0 saturated carbocycles. The van der Waals surface area contributed by atoms with Crippen LogP contribution in [0.25, 0.3) is 0 Å². The van der Waals surface area contributed by atoms with Crippen molar-refractivity contribution in [3.63, 3.8) is 0 Å². The van der Waals surface area contributed by atoms with Gasteiger partial charge in [0.2, 0.25) is 0 Å². The van der Waals surface area contributed by atoms with Gasteiger partial charge in [0.15, 0.2) is 0 Å². The second kappa shape index (κ2) is 6.30. The number of amides is 2. The number of pyridine rings is 1. The summed E-state index contributed by atoms with van der Waals surface area (Å²) >= 11 is 0. The van der Waals surface area contributed by atoms with E-state index in [2.05, 4.69) is 15.8 Å². The van der Waals surface area contributed by atoms with E-state index in [0.717, 1.165) is 5.82 Å². The summed E-state index contributed by atoms with van der Waals surface area (Å²) in [6.45, 7) is 3.44. The highest BCUT2D eigenvalue weighted by molar-refractivity contribution is 5.99. The standard InChI is InChI=1S/C15H18N4O3/c1-9-7-12(10(2)22-9)15(21)18-17-14(20)11-5-6-13(16-8-11)19(3)4/h5-8H,1-4H3,(H,17,20)(H,18,21). The molecule has 0 aromatic carbocycles. The van der Waals surface area contributed by atoms with E-state index < -0.39 is 11.8 Å². The van der Waals surface area contributed by atoms with Crippen molar-refractivity contribution in [1.82, 2.24) is 15.8 Å². The van der Waals surface area contributed by atoms with E-state index in [1.807, 2.05) is 19.0 Å². The number of hydrogen-bond donors (Lipinski definition) is 2. The molecule has 0 fully saturated rings. The number of furan rings is 1. The van der Waals surface area contributed by atoms with Crippen LogP contribution in [0.3, 0.4) is 0 Å². The topological polar surface area (TPSA) is 87.5 Å². The molecule has 0 bridgehead atoms. The van der Waals surface area contributed by atoms with E-state index in [9.17, 15) is 9.59 Å². The third-order valence-corrected chi connectivity index (χ3v) is 3.04. The Labute approximate surface area is 128 Å². The second-order valence-electron chi connectivity index (χ2n) is 5.03. The predicted molar refractivity (Wildman–Crippen MR) is 81.7 cm³/mol. The molecule has 0 saturated heterocycles. The number of hydrogen-bond acceptors (Lipinski definition) is 5. The fourth-order valence-electron chi connectivity index (χ4n) is 1.89. The molecule has 0 aliphatic heterocycles. The first-order valence-corrected chi connectivity index (χ1v) is 6.69. The van der Waals surface area contributed by atoms with Gasteiger partial charge >= 0.3 is 0 Å². The van der Waals surface area contributed by atoms with E-state index in [1.165, 1.54) is 6.20 Å². The van der Waals surface area contributed by atoms with Crippen LogP contribution < -0.4 is 15.8 Å². The third-order valence-electron chi connectivity index (χ3n) is 3.04. The Morgan fingerprint density at radius 2 is 1.82 bits per heavy atom. The number of nitrogens with zero attached hydrogens (tertiary/aromatic N) is 2. The quantitative estimate of drug-likeness (QED) is 0.838. The summed E-state index contributed by atoms with van der Waals surface area (Å²) in [7, 11) is 3.72. The molecule has 2 aromatic heterocycles. The van der Waals surface area contributed by atoms with Crippen LogP contribution in [0.15, 0.2) is 28.8 Å². The normalized spacial score (nSPS) is 10.2. The van der Waals surface area contributed by atoms with Crippen molar-refractivity contribution in [1.29, 1.82) is 0 Å². The fourth-order valence-corrected chi connectivity index (χ4v) is 1.89. The molecule has 0 aliphatic carbocycles. The van der Waals surface area contributed by atoms with Gasteiger partial charge in [-0.2, -0.15) is 0 Å². The molecule has 22 heavy (non-hydrogen) atoms. The molecule has 0 spiro atoms. The Morgan fingerprint density at radius 3 is 2.32 bits per heavy atom. The Morgan fingerprint density at radius 1 is 1.14 bits per heavy atom. The van der Waals surface area contributed by atoms with Gasteiger partial charge in [0, 0.05) is 20.3 Å². The Kier molecular flexibility index (Phi) is 4.45. The number of carbonyl (C=O) groups excluding carboxylic acids is 2. The number of nitrogens with one attached hydrogen (secondary N) is 2. The summed E-state index contributed by atoms with van der Waals surface area (Å²) < 4.78 is 5.27. The van der Waals surface area contributed by atoms with Gasteiger partial charge in [0.25, 0.3) is 11.8 Å². The van der Waals surface area contributed by atoms with Crippen molar-refractivity contribution in [2.75, 3.05) is 19.0 Å². The Bertz CT molecular complexity index is 689. The van der Waals surface area contributed by atoms with E-state index in [4.69, 9.17) is 4.42 Å². The second-order valence-corrected chi connectivity index (χ2v) is 5.03. The molecule has 7 nitrogen and oxygen atoms in total.